The topological polar surface area (TPSA) is 143 Å². The van der Waals surface area contributed by atoms with Gasteiger partial charge in [0, 0.05) is 38.6 Å². The van der Waals surface area contributed by atoms with Crippen molar-refractivity contribution in [3.63, 3.8) is 0 Å². The predicted molar refractivity (Wildman–Crippen MR) is 147 cm³/mol. The summed E-state index contributed by atoms with van der Waals surface area (Å²) in [4.78, 5) is 40.0. The van der Waals surface area contributed by atoms with Crippen molar-refractivity contribution in [1.82, 2.24) is 10.6 Å². The first-order valence-electron chi connectivity index (χ1n) is 13.5. The van der Waals surface area contributed by atoms with Crippen molar-refractivity contribution in [1.29, 1.82) is 0 Å². The molecule has 214 valence electrons. The zero-order valence-electron chi connectivity index (χ0n) is 23.5. The average Bonchev–Trinajstić information content (AvgIpc) is 2.87. The molecule has 1 aliphatic heterocycles. The summed E-state index contributed by atoms with van der Waals surface area (Å²) in [6.07, 6.45) is 0.983. The number of aliphatic hydroxyl groups excluding tert-OH is 1. The number of amides is 3. The van der Waals surface area contributed by atoms with Crippen molar-refractivity contribution in [3.8, 4) is 5.75 Å². The Kier molecular flexibility index (Phi) is 12.5. The van der Waals surface area contributed by atoms with Gasteiger partial charge >= 0.3 is 0 Å². The van der Waals surface area contributed by atoms with Gasteiger partial charge in [0.15, 0.2) is 6.10 Å². The zero-order chi connectivity index (χ0) is 28.3. The molecule has 0 radical (unpaired) electrons. The molecule has 0 aliphatic carbocycles. The maximum absolute atomic E-state index is 13.5. The molecule has 2 rings (SSSR count). The molecule has 0 unspecified atom stereocenters. The highest BCUT2D eigenvalue weighted by Crippen LogP contribution is 2.36. The van der Waals surface area contributed by atoms with Gasteiger partial charge in [0.2, 0.25) is 11.8 Å². The van der Waals surface area contributed by atoms with E-state index < -0.39 is 23.7 Å². The summed E-state index contributed by atoms with van der Waals surface area (Å²) < 4.78 is 10.9. The van der Waals surface area contributed by atoms with Crippen LogP contribution in [0.4, 0.5) is 5.69 Å². The highest BCUT2D eigenvalue weighted by Gasteiger charge is 2.36. The number of unbranched alkanes of at least 4 members (excludes halogenated alkanes) is 1. The number of benzene rings is 1. The Morgan fingerprint density at radius 1 is 1.24 bits per heavy atom. The molecule has 0 saturated carbocycles. The van der Waals surface area contributed by atoms with Crippen molar-refractivity contribution in [2.45, 2.75) is 78.0 Å². The number of fused-ring (bicyclic) bond motifs is 1. The van der Waals surface area contributed by atoms with Gasteiger partial charge in [-0.15, -0.1) is 0 Å². The van der Waals surface area contributed by atoms with E-state index in [9.17, 15) is 19.5 Å². The number of methoxy groups -OCH3 is 1. The third kappa shape index (κ3) is 9.56. The van der Waals surface area contributed by atoms with Crippen molar-refractivity contribution in [2.24, 2.45) is 17.1 Å². The Morgan fingerprint density at radius 3 is 2.63 bits per heavy atom. The number of para-hydroxylation sites is 2. The van der Waals surface area contributed by atoms with Gasteiger partial charge in [-0.25, -0.2) is 0 Å². The van der Waals surface area contributed by atoms with Crippen molar-refractivity contribution in [3.05, 3.63) is 24.3 Å². The Hall–Kier alpha value is -2.69. The van der Waals surface area contributed by atoms with Crippen LogP contribution in [0.5, 0.6) is 5.75 Å². The van der Waals surface area contributed by atoms with Crippen LogP contribution >= 0.6 is 0 Å². The number of carbonyl (C=O) groups excluding carboxylic acids is 3. The third-order valence-corrected chi connectivity index (χ3v) is 6.76. The van der Waals surface area contributed by atoms with Gasteiger partial charge in [-0.05, 0) is 36.8 Å². The molecule has 1 aliphatic rings. The largest absolute Gasteiger partial charge is 0.477 e. The summed E-state index contributed by atoms with van der Waals surface area (Å²) in [7, 11) is 1.55. The number of carbonyl (C=O) groups is 3. The summed E-state index contributed by atoms with van der Waals surface area (Å²) >= 11 is 0. The molecule has 0 saturated heterocycles. The van der Waals surface area contributed by atoms with Crippen LogP contribution in [-0.2, 0) is 19.1 Å². The first-order valence-corrected chi connectivity index (χ1v) is 13.5. The normalized spacial score (nSPS) is 17.6. The number of ether oxygens (including phenoxy) is 2. The number of aliphatic hydroxyl groups is 1. The molecule has 1 aromatic rings. The number of nitrogens with one attached hydrogen (secondary N) is 2. The predicted octanol–water partition coefficient (Wildman–Crippen LogP) is 1.98. The number of anilines is 1. The van der Waals surface area contributed by atoms with Gasteiger partial charge in [-0.2, -0.15) is 0 Å². The molecule has 5 N–H and O–H groups in total. The van der Waals surface area contributed by atoms with E-state index in [1.54, 1.807) is 37.1 Å². The Morgan fingerprint density at radius 2 is 1.95 bits per heavy atom. The maximum atomic E-state index is 13.5. The van der Waals surface area contributed by atoms with Crippen LogP contribution in [-0.4, -0.2) is 74.4 Å². The van der Waals surface area contributed by atoms with E-state index >= 15 is 0 Å². The zero-order valence-corrected chi connectivity index (χ0v) is 23.5. The number of hydrogen-bond acceptors (Lipinski definition) is 7. The Bertz CT molecular complexity index is 924. The lowest BCUT2D eigenvalue weighted by molar-refractivity contribution is -0.129. The standard InChI is InChI=1S/C28H46N4O6/c1-6-7-12-30-26(35)19(2)15-22(33)20(29)16-28(3,4)17-25(34)32-18-24(27(36)31-13-14-37-5)38-23-11-9-8-10-21(23)32/h8-11,19-20,22,24,33H,6-7,12-18,29H2,1-5H3,(H,30,35)(H,31,36)/t19-,20+,22+,24-/m1/s1. The Labute approximate surface area is 226 Å². The van der Waals surface area contributed by atoms with Crippen LogP contribution in [0, 0.1) is 11.3 Å². The van der Waals surface area contributed by atoms with Crippen LogP contribution in [0.25, 0.3) is 0 Å². The molecule has 10 heteroatoms. The average molecular weight is 535 g/mol. The monoisotopic (exact) mass is 534 g/mol. The van der Waals surface area contributed by atoms with Crippen LogP contribution in [0.2, 0.25) is 0 Å². The molecule has 0 aromatic heterocycles. The second kappa shape index (κ2) is 15.0. The van der Waals surface area contributed by atoms with Crippen LogP contribution in [0.3, 0.4) is 0 Å². The number of rotatable bonds is 15. The van der Waals surface area contributed by atoms with Crippen molar-refractivity contribution < 1.29 is 29.0 Å². The second-order valence-corrected chi connectivity index (χ2v) is 10.9. The number of nitrogens with two attached hydrogens (primary N) is 1. The summed E-state index contributed by atoms with van der Waals surface area (Å²) in [6, 6.07) is 6.55. The molecule has 0 fully saturated rings. The van der Waals surface area contributed by atoms with Crippen molar-refractivity contribution in [2.75, 3.05) is 38.3 Å². The minimum absolute atomic E-state index is 0.0874. The van der Waals surface area contributed by atoms with E-state index in [2.05, 4.69) is 17.6 Å². The summed E-state index contributed by atoms with van der Waals surface area (Å²) in [5.74, 6) is -0.465. The lowest BCUT2D eigenvalue weighted by Crippen LogP contribution is -2.52. The third-order valence-electron chi connectivity index (χ3n) is 6.76. The minimum atomic E-state index is -0.874. The van der Waals surface area contributed by atoms with Gasteiger partial charge < -0.3 is 35.8 Å². The SMILES string of the molecule is CCCCNC(=O)[C@H](C)C[C@H](O)[C@@H](N)CC(C)(C)CC(=O)N1C[C@H](C(=O)NCCOC)Oc2ccccc21. The van der Waals surface area contributed by atoms with Crippen LogP contribution in [0.1, 0.15) is 59.8 Å². The molecule has 0 spiro atoms. The van der Waals surface area contributed by atoms with Gasteiger partial charge in [-0.3, -0.25) is 14.4 Å². The van der Waals surface area contributed by atoms with Crippen LogP contribution in [0.15, 0.2) is 24.3 Å². The molecular formula is C28H46N4O6. The summed E-state index contributed by atoms with van der Waals surface area (Å²) in [6.45, 7) is 9.13. The quantitative estimate of drug-likeness (QED) is 0.252. The molecule has 4 atom stereocenters. The van der Waals surface area contributed by atoms with Gasteiger partial charge in [0.05, 0.1) is 24.9 Å². The van der Waals surface area contributed by atoms with E-state index in [-0.39, 0.29) is 43.0 Å². The lowest BCUT2D eigenvalue weighted by atomic mass is 9.80. The lowest BCUT2D eigenvalue weighted by Gasteiger charge is -2.37. The van der Waals surface area contributed by atoms with E-state index in [1.807, 2.05) is 19.9 Å². The first-order chi connectivity index (χ1) is 18.0. The molecule has 0 bridgehead atoms. The molecule has 38 heavy (non-hydrogen) atoms. The highest BCUT2D eigenvalue weighted by molar-refractivity contribution is 5.97. The van der Waals surface area contributed by atoms with Gasteiger partial charge in [-0.1, -0.05) is 46.2 Å². The smallest absolute Gasteiger partial charge is 0.263 e. The van der Waals surface area contributed by atoms with E-state index in [0.29, 0.717) is 37.6 Å². The highest BCUT2D eigenvalue weighted by atomic mass is 16.5. The number of hydrogen-bond donors (Lipinski definition) is 4. The van der Waals surface area contributed by atoms with E-state index in [1.165, 1.54) is 0 Å². The summed E-state index contributed by atoms with van der Waals surface area (Å²) in [5, 5.41) is 16.4. The van der Waals surface area contributed by atoms with Crippen LogP contribution < -0.4 is 26.0 Å². The fourth-order valence-corrected chi connectivity index (χ4v) is 4.55. The first kappa shape index (κ1) is 31.5. The molecule has 1 heterocycles. The van der Waals surface area contributed by atoms with E-state index in [4.69, 9.17) is 15.2 Å². The molecule has 10 nitrogen and oxygen atoms in total. The molecule has 3 amide bonds. The van der Waals surface area contributed by atoms with Gasteiger partial charge in [0.1, 0.15) is 5.75 Å². The summed E-state index contributed by atoms with van der Waals surface area (Å²) in [5.41, 5.74) is 6.41. The number of nitrogens with zero attached hydrogens (tertiary/aromatic N) is 1. The fraction of sp³-hybridized carbons (Fsp3) is 0.679. The second-order valence-electron chi connectivity index (χ2n) is 10.9. The fourth-order valence-electron chi connectivity index (χ4n) is 4.55. The minimum Gasteiger partial charge on any atom is -0.477 e. The van der Waals surface area contributed by atoms with E-state index in [0.717, 1.165) is 12.8 Å². The maximum Gasteiger partial charge on any atom is 0.263 e. The van der Waals surface area contributed by atoms with Gasteiger partial charge in [0.25, 0.3) is 5.91 Å². The van der Waals surface area contributed by atoms with Crippen molar-refractivity contribution >= 4 is 23.4 Å². The Balaban J connectivity index is 2.00. The molecular weight excluding hydrogens is 488 g/mol. The molecule has 1 aromatic carbocycles.